The lowest BCUT2D eigenvalue weighted by molar-refractivity contribution is -0.115. The second kappa shape index (κ2) is 5.54. The zero-order chi connectivity index (χ0) is 11.3. The summed E-state index contributed by atoms with van der Waals surface area (Å²) in [6, 6.07) is 8.07. The minimum Gasteiger partial charge on any atom is -0.326 e. The molecule has 0 saturated carbocycles. The Kier molecular flexibility index (Phi) is 4.35. The zero-order valence-corrected chi connectivity index (χ0v) is 9.71. The van der Waals surface area contributed by atoms with Gasteiger partial charge in [0.1, 0.15) is 0 Å². The number of benzene rings is 1. The summed E-state index contributed by atoms with van der Waals surface area (Å²) in [5, 5.41) is 2.87. The van der Waals surface area contributed by atoms with Crippen molar-refractivity contribution in [1.29, 1.82) is 0 Å². The Bertz CT molecular complexity index is 331. The van der Waals surface area contributed by atoms with E-state index in [1.807, 2.05) is 25.1 Å². The van der Waals surface area contributed by atoms with Gasteiger partial charge in [0.15, 0.2) is 0 Å². The molecule has 1 rings (SSSR count). The van der Waals surface area contributed by atoms with Crippen molar-refractivity contribution in [2.45, 2.75) is 33.6 Å². The molecule has 1 amide bonds. The summed E-state index contributed by atoms with van der Waals surface area (Å²) in [4.78, 5) is 11.2. The highest BCUT2D eigenvalue weighted by molar-refractivity contribution is 5.90. The van der Waals surface area contributed by atoms with Crippen LogP contribution in [0.3, 0.4) is 0 Å². The molecule has 2 nitrogen and oxygen atoms in total. The second-order valence-corrected chi connectivity index (χ2v) is 4.20. The van der Waals surface area contributed by atoms with Crippen LogP contribution in [0.15, 0.2) is 24.3 Å². The predicted molar refractivity (Wildman–Crippen MR) is 63.9 cm³/mol. The van der Waals surface area contributed by atoms with Gasteiger partial charge in [-0.1, -0.05) is 32.9 Å². The summed E-state index contributed by atoms with van der Waals surface area (Å²) in [7, 11) is 0. The first-order valence-electron chi connectivity index (χ1n) is 5.50. The minimum absolute atomic E-state index is 0.0664. The highest BCUT2D eigenvalue weighted by Crippen LogP contribution is 2.14. The summed E-state index contributed by atoms with van der Waals surface area (Å²) < 4.78 is 0. The number of hydrogen-bond donors (Lipinski definition) is 1. The number of nitrogens with one attached hydrogen (secondary N) is 1. The minimum atomic E-state index is 0.0664. The Morgan fingerprint density at radius 1 is 1.40 bits per heavy atom. The Morgan fingerprint density at radius 3 is 2.73 bits per heavy atom. The SMILES string of the molecule is CCC(=O)Nc1cccc(CC(C)C)c1. The molecule has 0 unspecified atom stereocenters. The summed E-state index contributed by atoms with van der Waals surface area (Å²) in [6.07, 6.45) is 1.57. The predicted octanol–water partition coefficient (Wildman–Crippen LogP) is 3.23. The van der Waals surface area contributed by atoms with E-state index in [0.29, 0.717) is 12.3 Å². The number of carbonyl (C=O) groups excluding carboxylic acids is 1. The summed E-state index contributed by atoms with van der Waals surface area (Å²) in [6.45, 7) is 6.24. The smallest absolute Gasteiger partial charge is 0.224 e. The molecule has 0 saturated heterocycles. The number of rotatable bonds is 4. The van der Waals surface area contributed by atoms with Gasteiger partial charge in [0.2, 0.25) is 5.91 Å². The molecule has 0 aliphatic rings. The normalized spacial score (nSPS) is 10.4. The van der Waals surface area contributed by atoms with E-state index >= 15 is 0 Å². The van der Waals surface area contributed by atoms with Crippen LogP contribution in [0, 0.1) is 5.92 Å². The molecule has 0 aliphatic carbocycles. The van der Waals surface area contributed by atoms with Crippen LogP contribution in [0.25, 0.3) is 0 Å². The fourth-order valence-electron chi connectivity index (χ4n) is 1.50. The molecule has 1 aromatic carbocycles. The van der Waals surface area contributed by atoms with Crippen LogP contribution in [-0.2, 0) is 11.2 Å². The number of anilines is 1. The van der Waals surface area contributed by atoms with Gasteiger partial charge >= 0.3 is 0 Å². The summed E-state index contributed by atoms with van der Waals surface area (Å²) >= 11 is 0. The van der Waals surface area contributed by atoms with Crippen LogP contribution >= 0.6 is 0 Å². The van der Waals surface area contributed by atoms with Gasteiger partial charge in [0, 0.05) is 12.1 Å². The maximum absolute atomic E-state index is 11.2. The second-order valence-electron chi connectivity index (χ2n) is 4.20. The van der Waals surface area contributed by atoms with E-state index in [1.54, 1.807) is 0 Å². The van der Waals surface area contributed by atoms with Crippen molar-refractivity contribution in [1.82, 2.24) is 0 Å². The number of hydrogen-bond acceptors (Lipinski definition) is 1. The lowest BCUT2D eigenvalue weighted by Crippen LogP contribution is -2.09. The first kappa shape index (κ1) is 11.8. The molecule has 0 bridgehead atoms. The third-order valence-electron chi connectivity index (χ3n) is 2.18. The van der Waals surface area contributed by atoms with E-state index in [2.05, 4.69) is 25.2 Å². The standard InChI is InChI=1S/C13H19NO/c1-4-13(15)14-12-7-5-6-11(9-12)8-10(2)3/h5-7,9-10H,4,8H2,1-3H3,(H,14,15). The van der Waals surface area contributed by atoms with Gasteiger partial charge in [-0.15, -0.1) is 0 Å². The van der Waals surface area contributed by atoms with Crippen molar-refractivity contribution in [3.8, 4) is 0 Å². The molecular weight excluding hydrogens is 186 g/mol. The van der Waals surface area contributed by atoms with Crippen LogP contribution in [0.4, 0.5) is 5.69 Å². The van der Waals surface area contributed by atoms with E-state index in [4.69, 9.17) is 0 Å². The average Bonchev–Trinajstić information content (AvgIpc) is 2.17. The molecule has 0 aromatic heterocycles. The maximum atomic E-state index is 11.2. The van der Waals surface area contributed by atoms with E-state index < -0.39 is 0 Å². The lowest BCUT2D eigenvalue weighted by atomic mass is 10.0. The number of amides is 1. The van der Waals surface area contributed by atoms with Crippen LogP contribution in [0.5, 0.6) is 0 Å². The molecule has 0 radical (unpaired) electrons. The van der Waals surface area contributed by atoms with Crippen LogP contribution < -0.4 is 5.32 Å². The zero-order valence-electron chi connectivity index (χ0n) is 9.71. The van der Waals surface area contributed by atoms with Crippen LogP contribution in [-0.4, -0.2) is 5.91 Å². The Labute approximate surface area is 91.7 Å². The number of carbonyl (C=O) groups is 1. The molecular formula is C13H19NO. The van der Waals surface area contributed by atoms with Gasteiger partial charge in [0.05, 0.1) is 0 Å². The quantitative estimate of drug-likeness (QED) is 0.803. The molecule has 15 heavy (non-hydrogen) atoms. The Balaban J connectivity index is 2.69. The lowest BCUT2D eigenvalue weighted by Gasteiger charge is -2.08. The van der Waals surface area contributed by atoms with Gasteiger partial charge in [-0.25, -0.2) is 0 Å². The third-order valence-corrected chi connectivity index (χ3v) is 2.18. The molecule has 0 fully saturated rings. The largest absolute Gasteiger partial charge is 0.326 e. The summed E-state index contributed by atoms with van der Waals surface area (Å²) in [5.74, 6) is 0.707. The Hall–Kier alpha value is -1.31. The van der Waals surface area contributed by atoms with Crippen LogP contribution in [0.2, 0.25) is 0 Å². The molecule has 0 heterocycles. The fourth-order valence-corrected chi connectivity index (χ4v) is 1.50. The molecule has 82 valence electrons. The topological polar surface area (TPSA) is 29.1 Å². The van der Waals surface area contributed by atoms with Crippen molar-refractivity contribution in [2.24, 2.45) is 5.92 Å². The van der Waals surface area contributed by atoms with Gasteiger partial charge in [-0.05, 0) is 30.0 Å². The highest BCUT2D eigenvalue weighted by Gasteiger charge is 2.01. The maximum Gasteiger partial charge on any atom is 0.224 e. The molecule has 1 N–H and O–H groups in total. The van der Waals surface area contributed by atoms with Gasteiger partial charge in [-0.3, -0.25) is 4.79 Å². The van der Waals surface area contributed by atoms with Gasteiger partial charge in [-0.2, -0.15) is 0 Å². The van der Waals surface area contributed by atoms with Gasteiger partial charge < -0.3 is 5.32 Å². The average molecular weight is 205 g/mol. The van der Waals surface area contributed by atoms with E-state index in [0.717, 1.165) is 12.1 Å². The monoisotopic (exact) mass is 205 g/mol. The van der Waals surface area contributed by atoms with Crippen molar-refractivity contribution in [3.63, 3.8) is 0 Å². The van der Waals surface area contributed by atoms with E-state index in [1.165, 1.54) is 5.56 Å². The van der Waals surface area contributed by atoms with Crippen LogP contribution in [0.1, 0.15) is 32.8 Å². The first-order valence-corrected chi connectivity index (χ1v) is 5.50. The van der Waals surface area contributed by atoms with Crippen molar-refractivity contribution >= 4 is 11.6 Å². The first-order chi connectivity index (χ1) is 7.11. The molecule has 1 aromatic rings. The van der Waals surface area contributed by atoms with E-state index in [9.17, 15) is 4.79 Å². The van der Waals surface area contributed by atoms with Crippen molar-refractivity contribution < 1.29 is 4.79 Å². The van der Waals surface area contributed by atoms with Gasteiger partial charge in [0.25, 0.3) is 0 Å². The van der Waals surface area contributed by atoms with Crippen molar-refractivity contribution in [3.05, 3.63) is 29.8 Å². The summed E-state index contributed by atoms with van der Waals surface area (Å²) in [5.41, 5.74) is 2.18. The molecule has 0 spiro atoms. The third kappa shape index (κ3) is 4.15. The molecule has 2 heteroatoms. The fraction of sp³-hybridized carbons (Fsp3) is 0.462. The van der Waals surface area contributed by atoms with Crippen molar-refractivity contribution in [2.75, 3.05) is 5.32 Å². The molecule has 0 aliphatic heterocycles. The van der Waals surface area contributed by atoms with E-state index in [-0.39, 0.29) is 5.91 Å². The Morgan fingerprint density at radius 2 is 2.13 bits per heavy atom. The molecule has 0 atom stereocenters. The highest BCUT2D eigenvalue weighted by atomic mass is 16.1.